The Hall–Kier alpha value is -2.19. The summed E-state index contributed by atoms with van der Waals surface area (Å²) in [5, 5.41) is 3.51. The van der Waals surface area contributed by atoms with Crippen LogP contribution < -0.4 is 10.9 Å². The first kappa shape index (κ1) is 24.0. The zero-order valence-electron chi connectivity index (χ0n) is 19.2. The van der Waals surface area contributed by atoms with E-state index in [0.29, 0.717) is 38.8 Å². The molecule has 1 saturated carbocycles. The first-order chi connectivity index (χ1) is 16.1. The molecule has 0 aromatic carbocycles. The smallest absolute Gasteiger partial charge is 0.267 e. The van der Waals surface area contributed by atoms with E-state index in [-0.39, 0.29) is 11.5 Å². The van der Waals surface area contributed by atoms with E-state index < -0.39 is 0 Å². The number of unbranched alkanes of at least 4 members (excludes halogenated alkanes) is 4. The minimum Gasteiger partial charge on any atom is -0.367 e. The highest BCUT2D eigenvalue weighted by molar-refractivity contribution is 8.26. The molecule has 2 fully saturated rings. The van der Waals surface area contributed by atoms with Crippen LogP contribution in [0.5, 0.6) is 0 Å². The number of anilines is 1. The Morgan fingerprint density at radius 1 is 1.15 bits per heavy atom. The number of pyridine rings is 1. The molecule has 0 bridgehead atoms. The molecule has 4 rings (SSSR count). The van der Waals surface area contributed by atoms with E-state index in [1.54, 1.807) is 17.2 Å². The third-order valence-corrected chi connectivity index (χ3v) is 7.73. The maximum Gasteiger partial charge on any atom is 0.267 e. The molecule has 6 nitrogen and oxygen atoms in total. The molecule has 2 aliphatic rings. The van der Waals surface area contributed by atoms with E-state index in [1.807, 2.05) is 18.2 Å². The lowest BCUT2D eigenvalue weighted by Crippen LogP contribution is -2.29. The molecule has 33 heavy (non-hydrogen) atoms. The van der Waals surface area contributed by atoms with E-state index in [1.165, 1.54) is 54.7 Å². The Labute approximate surface area is 204 Å². The summed E-state index contributed by atoms with van der Waals surface area (Å²) < 4.78 is 2.10. The Morgan fingerprint density at radius 2 is 1.94 bits per heavy atom. The third-order valence-electron chi connectivity index (χ3n) is 6.35. The molecule has 1 aliphatic heterocycles. The maximum atomic E-state index is 13.4. The summed E-state index contributed by atoms with van der Waals surface area (Å²) in [5.41, 5.74) is 0.842. The van der Waals surface area contributed by atoms with Gasteiger partial charge in [-0.2, -0.15) is 0 Å². The second-order valence-corrected chi connectivity index (χ2v) is 10.5. The van der Waals surface area contributed by atoms with E-state index in [4.69, 9.17) is 17.2 Å². The second kappa shape index (κ2) is 11.3. The number of hydrogen-bond acceptors (Lipinski definition) is 6. The second-order valence-electron chi connectivity index (χ2n) is 8.83. The molecule has 8 heteroatoms. The zero-order valence-corrected chi connectivity index (χ0v) is 20.8. The average Bonchev–Trinajstić information content (AvgIpc) is 3.09. The SMILES string of the molecule is CCCCCCCN1C(=O)C(=Cc2c(NC3CCCCC3)nc3ccccn3c2=O)SC1=S. The fraction of sp³-hybridized carbons (Fsp3) is 0.520. The fourth-order valence-corrected chi connectivity index (χ4v) is 5.77. The molecule has 0 atom stereocenters. The van der Waals surface area contributed by atoms with Crippen molar-refractivity contribution in [3.8, 4) is 0 Å². The Balaban J connectivity index is 1.61. The number of fused-ring (bicyclic) bond motifs is 1. The predicted molar refractivity (Wildman–Crippen MR) is 141 cm³/mol. The van der Waals surface area contributed by atoms with Gasteiger partial charge in [0.2, 0.25) is 0 Å². The van der Waals surface area contributed by atoms with Crippen LogP contribution in [0.2, 0.25) is 0 Å². The first-order valence-corrected chi connectivity index (χ1v) is 13.3. The highest BCUT2D eigenvalue weighted by Crippen LogP contribution is 2.33. The average molecular weight is 485 g/mol. The van der Waals surface area contributed by atoms with E-state index >= 15 is 0 Å². The number of rotatable bonds is 9. The van der Waals surface area contributed by atoms with Crippen LogP contribution in [0, 0.1) is 0 Å². The summed E-state index contributed by atoms with van der Waals surface area (Å²) in [6.45, 7) is 2.82. The molecule has 2 aromatic rings. The van der Waals surface area contributed by atoms with Crippen molar-refractivity contribution in [1.82, 2.24) is 14.3 Å². The highest BCUT2D eigenvalue weighted by Gasteiger charge is 2.32. The van der Waals surface area contributed by atoms with Gasteiger partial charge in [-0.25, -0.2) is 4.98 Å². The Bertz CT molecular complexity index is 1110. The molecule has 1 amide bonds. The lowest BCUT2D eigenvalue weighted by Gasteiger charge is -2.24. The van der Waals surface area contributed by atoms with Gasteiger partial charge in [-0.1, -0.05) is 81.9 Å². The summed E-state index contributed by atoms with van der Waals surface area (Å²) in [4.78, 5) is 33.4. The van der Waals surface area contributed by atoms with Gasteiger partial charge in [0.05, 0.1) is 10.5 Å². The van der Waals surface area contributed by atoms with Crippen LogP contribution in [0.4, 0.5) is 5.82 Å². The largest absolute Gasteiger partial charge is 0.367 e. The molecule has 0 unspecified atom stereocenters. The van der Waals surface area contributed by atoms with Gasteiger partial charge in [0.15, 0.2) is 0 Å². The normalized spacial score (nSPS) is 18.6. The molecular weight excluding hydrogens is 452 g/mol. The topological polar surface area (TPSA) is 66.7 Å². The van der Waals surface area contributed by atoms with Crippen LogP contribution in [-0.2, 0) is 4.79 Å². The van der Waals surface area contributed by atoms with Gasteiger partial charge in [0, 0.05) is 18.8 Å². The number of hydrogen-bond donors (Lipinski definition) is 1. The molecule has 1 saturated heterocycles. The molecule has 1 N–H and O–H groups in total. The Morgan fingerprint density at radius 3 is 2.73 bits per heavy atom. The van der Waals surface area contributed by atoms with E-state index in [0.717, 1.165) is 25.7 Å². The summed E-state index contributed by atoms with van der Waals surface area (Å²) >= 11 is 6.78. The van der Waals surface area contributed by atoms with Crippen molar-refractivity contribution in [2.24, 2.45) is 0 Å². The van der Waals surface area contributed by atoms with Crippen LogP contribution in [0.25, 0.3) is 11.7 Å². The van der Waals surface area contributed by atoms with Gasteiger partial charge in [0.1, 0.15) is 15.8 Å². The lowest BCUT2D eigenvalue weighted by molar-refractivity contribution is -0.122. The summed E-state index contributed by atoms with van der Waals surface area (Å²) in [5.74, 6) is 0.449. The first-order valence-electron chi connectivity index (χ1n) is 12.1. The summed E-state index contributed by atoms with van der Waals surface area (Å²) in [6.07, 6.45) is 14.8. The van der Waals surface area contributed by atoms with Crippen LogP contribution in [0.3, 0.4) is 0 Å². The van der Waals surface area contributed by atoms with Crippen LogP contribution in [0.15, 0.2) is 34.1 Å². The van der Waals surface area contributed by atoms with Crippen molar-refractivity contribution in [1.29, 1.82) is 0 Å². The monoisotopic (exact) mass is 484 g/mol. The maximum absolute atomic E-state index is 13.4. The van der Waals surface area contributed by atoms with Crippen molar-refractivity contribution in [2.75, 3.05) is 11.9 Å². The van der Waals surface area contributed by atoms with Gasteiger partial charge in [-0.15, -0.1) is 0 Å². The molecule has 176 valence electrons. The number of thiocarbonyl (C=S) groups is 1. The van der Waals surface area contributed by atoms with Crippen LogP contribution in [0.1, 0.15) is 76.7 Å². The molecule has 1 aliphatic carbocycles. The minimum absolute atomic E-state index is 0.110. The van der Waals surface area contributed by atoms with Crippen molar-refractivity contribution in [3.05, 3.63) is 45.2 Å². The highest BCUT2D eigenvalue weighted by atomic mass is 32.2. The van der Waals surface area contributed by atoms with E-state index in [9.17, 15) is 9.59 Å². The quantitative estimate of drug-likeness (QED) is 0.283. The molecular formula is C25H32N4O2S2. The zero-order chi connectivity index (χ0) is 23.2. The molecule has 3 heterocycles. The standard InChI is InChI=1S/C25H32N4O2S2/c1-2-3-4-5-10-16-29-24(31)20(33-25(29)32)17-19-22(26-18-12-7-6-8-13-18)27-21-14-9-11-15-28(21)23(19)30/h9,11,14-15,17-18,26H,2-8,10,12-13,16H2,1H3. The van der Waals surface area contributed by atoms with E-state index in [2.05, 4.69) is 12.2 Å². The van der Waals surface area contributed by atoms with Gasteiger partial charge in [-0.3, -0.25) is 18.9 Å². The van der Waals surface area contributed by atoms with Crippen LogP contribution in [-0.4, -0.2) is 37.1 Å². The predicted octanol–water partition coefficient (Wildman–Crippen LogP) is 5.61. The third kappa shape index (κ3) is 5.66. The van der Waals surface area contributed by atoms with Crippen molar-refractivity contribution in [3.63, 3.8) is 0 Å². The number of amides is 1. The number of nitrogens with zero attached hydrogens (tertiary/aromatic N) is 3. The minimum atomic E-state index is -0.177. The summed E-state index contributed by atoms with van der Waals surface area (Å²) in [7, 11) is 0. The van der Waals surface area contributed by atoms with Crippen LogP contribution >= 0.6 is 24.0 Å². The number of carbonyl (C=O) groups excluding carboxylic acids is 1. The van der Waals surface area contributed by atoms with Crippen molar-refractivity contribution in [2.45, 2.75) is 77.2 Å². The molecule has 0 spiro atoms. The van der Waals surface area contributed by atoms with Crippen molar-refractivity contribution < 1.29 is 4.79 Å². The fourth-order valence-electron chi connectivity index (χ4n) is 4.48. The number of nitrogens with one attached hydrogen (secondary N) is 1. The van der Waals surface area contributed by atoms with Gasteiger partial charge in [-0.05, 0) is 37.5 Å². The van der Waals surface area contributed by atoms with Crippen molar-refractivity contribution >= 4 is 51.7 Å². The lowest BCUT2D eigenvalue weighted by atomic mass is 9.95. The number of thioether (sulfide) groups is 1. The Kier molecular flexibility index (Phi) is 8.20. The number of aromatic nitrogens is 2. The summed E-state index contributed by atoms with van der Waals surface area (Å²) in [6, 6.07) is 5.81. The molecule has 0 radical (unpaired) electrons. The number of carbonyl (C=O) groups is 1. The molecule has 2 aromatic heterocycles. The van der Waals surface area contributed by atoms with Gasteiger partial charge >= 0.3 is 0 Å². The van der Waals surface area contributed by atoms with Gasteiger partial charge < -0.3 is 5.32 Å². The van der Waals surface area contributed by atoms with Gasteiger partial charge in [0.25, 0.3) is 11.5 Å².